The van der Waals surface area contributed by atoms with Crippen molar-refractivity contribution in [3.05, 3.63) is 68.7 Å². The van der Waals surface area contributed by atoms with Crippen LogP contribution in [0.1, 0.15) is 30.0 Å². The van der Waals surface area contributed by atoms with Gasteiger partial charge in [0.15, 0.2) is 0 Å². The number of nitrogens with zero attached hydrogens (tertiary/aromatic N) is 1. The van der Waals surface area contributed by atoms with Crippen molar-refractivity contribution in [1.82, 2.24) is 4.90 Å². The number of rotatable bonds is 4. The molecule has 1 aliphatic rings. The molecule has 1 unspecified atom stereocenters. The van der Waals surface area contributed by atoms with Gasteiger partial charge in [-0.1, -0.05) is 53.0 Å². The maximum Gasteiger partial charge on any atom is 0.306 e. The van der Waals surface area contributed by atoms with Crippen LogP contribution < -0.4 is 0 Å². The molecule has 25 heavy (non-hydrogen) atoms. The first-order valence-corrected chi connectivity index (χ1v) is 9.26. The van der Waals surface area contributed by atoms with E-state index in [0.717, 1.165) is 11.1 Å². The van der Waals surface area contributed by atoms with Crippen LogP contribution in [0.4, 0.5) is 0 Å². The van der Waals surface area contributed by atoms with E-state index in [1.54, 1.807) is 6.07 Å². The molecule has 3 rings (SSSR count). The molecule has 0 aliphatic carbocycles. The van der Waals surface area contributed by atoms with Gasteiger partial charge in [0.1, 0.15) is 0 Å². The highest BCUT2D eigenvalue weighted by atomic mass is 35.5. The molecule has 6 heteroatoms. The minimum Gasteiger partial charge on any atom is -0.481 e. The van der Waals surface area contributed by atoms with Crippen LogP contribution in [-0.4, -0.2) is 29.1 Å². The number of piperidine rings is 1. The molecule has 1 heterocycles. The number of likely N-dealkylation sites (tertiary alicyclic amines) is 1. The Hall–Kier alpha value is -1.26. The van der Waals surface area contributed by atoms with Crippen molar-refractivity contribution in [2.75, 3.05) is 13.1 Å². The summed E-state index contributed by atoms with van der Waals surface area (Å²) in [7, 11) is 0. The van der Waals surface area contributed by atoms with Gasteiger partial charge in [0.05, 0.1) is 12.0 Å². The van der Waals surface area contributed by atoms with Gasteiger partial charge in [-0.25, -0.2) is 0 Å². The zero-order valence-electron chi connectivity index (χ0n) is 13.5. The summed E-state index contributed by atoms with van der Waals surface area (Å²) in [6, 6.07) is 13.1. The van der Waals surface area contributed by atoms with Crippen molar-refractivity contribution in [3.63, 3.8) is 0 Å². The van der Waals surface area contributed by atoms with Crippen molar-refractivity contribution in [1.29, 1.82) is 0 Å². The van der Waals surface area contributed by atoms with Crippen molar-refractivity contribution in [3.8, 4) is 0 Å². The molecule has 3 nitrogen and oxygen atoms in total. The summed E-state index contributed by atoms with van der Waals surface area (Å²) in [4.78, 5) is 13.5. The second-order valence-electron chi connectivity index (χ2n) is 6.27. The van der Waals surface area contributed by atoms with Gasteiger partial charge in [0.2, 0.25) is 0 Å². The topological polar surface area (TPSA) is 40.5 Å². The highest BCUT2D eigenvalue weighted by Crippen LogP contribution is 2.37. The largest absolute Gasteiger partial charge is 0.481 e. The number of aliphatic carboxylic acids is 1. The minimum atomic E-state index is -0.716. The van der Waals surface area contributed by atoms with E-state index < -0.39 is 5.97 Å². The van der Waals surface area contributed by atoms with Crippen molar-refractivity contribution in [2.45, 2.75) is 18.9 Å². The summed E-state index contributed by atoms with van der Waals surface area (Å²) in [5.74, 6) is -0.991. The SMILES string of the molecule is O=C(O)C1CCN(C(c2ccc(Cl)cc2)c2ccc(Cl)cc2Cl)CC1. The average Bonchev–Trinajstić information content (AvgIpc) is 2.59. The summed E-state index contributed by atoms with van der Waals surface area (Å²) in [5.41, 5.74) is 2.03. The molecule has 0 aromatic heterocycles. The second-order valence-corrected chi connectivity index (χ2v) is 7.55. The molecule has 1 saturated heterocycles. The fourth-order valence-electron chi connectivity index (χ4n) is 3.36. The summed E-state index contributed by atoms with van der Waals surface area (Å²) >= 11 is 18.6. The van der Waals surface area contributed by atoms with E-state index in [1.807, 2.05) is 36.4 Å². The van der Waals surface area contributed by atoms with Gasteiger partial charge >= 0.3 is 5.97 Å². The van der Waals surface area contributed by atoms with Crippen molar-refractivity contribution < 1.29 is 9.90 Å². The Labute approximate surface area is 162 Å². The predicted octanol–water partition coefficient (Wildman–Crippen LogP) is 5.53. The third-order valence-electron chi connectivity index (χ3n) is 4.69. The molecule has 2 aromatic rings. The zero-order chi connectivity index (χ0) is 18.0. The van der Waals surface area contributed by atoms with E-state index >= 15 is 0 Å². The second kappa shape index (κ2) is 7.96. The number of hydrogen-bond donors (Lipinski definition) is 1. The summed E-state index contributed by atoms with van der Waals surface area (Å²) < 4.78 is 0. The minimum absolute atomic E-state index is 0.0585. The molecule has 1 aliphatic heterocycles. The maximum atomic E-state index is 11.2. The van der Waals surface area contributed by atoms with Crippen LogP contribution in [0.3, 0.4) is 0 Å². The number of halogens is 3. The fraction of sp³-hybridized carbons (Fsp3) is 0.316. The number of benzene rings is 2. The van der Waals surface area contributed by atoms with Crippen LogP contribution in [0.25, 0.3) is 0 Å². The number of hydrogen-bond acceptors (Lipinski definition) is 2. The summed E-state index contributed by atoms with van der Waals surface area (Å²) in [6.45, 7) is 1.40. The van der Waals surface area contributed by atoms with Crippen LogP contribution >= 0.6 is 34.8 Å². The lowest BCUT2D eigenvalue weighted by Crippen LogP contribution is -2.39. The molecule has 0 amide bonds. The van der Waals surface area contributed by atoms with Gasteiger partial charge in [-0.2, -0.15) is 0 Å². The quantitative estimate of drug-likeness (QED) is 0.736. The Bertz CT molecular complexity index is 756. The first-order valence-electron chi connectivity index (χ1n) is 8.13. The van der Waals surface area contributed by atoms with Gasteiger partial charge in [-0.05, 0) is 61.3 Å². The number of carbonyl (C=O) groups is 1. The van der Waals surface area contributed by atoms with E-state index in [-0.39, 0.29) is 12.0 Å². The molecular formula is C19H18Cl3NO2. The predicted molar refractivity (Wildman–Crippen MR) is 102 cm³/mol. The van der Waals surface area contributed by atoms with Crippen molar-refractivity contribution >= 4 is 40.8 Å². The molecule has 1 N–H and O–H groups in total. The molecule has 0 bridgehead atoms. The third kappa shape index (κ3) is 4.29. The number of carboxylic acids is 1. The van der Waals surface area contributed by atoms with Crippen LogP contribution in [0, 0.1) is 5.92 Å². The Morgan fingerprint density at radius 1 is 1.00 bits per heavy atom. The first-order chi connectivity index (χ1) is 12.0. The first kappa shape index (κ1) is 18.5. The van der Waals surface area contributed by atoms with Gasteiger partial charge < -0.3 is 5.11 Å². The smallest absolute Gasteiger partial charge is 0.306 e. The van der Waals surface area contributed by atoms with Crippen LogP contribution in [-0.2, 0) is 4.79 Å². The van der Waals surface area contributed by atoms with Crippen LogP contribution in [0.15, 0.2) is 42.5 Å². The molecule has 0 saturated carbocycles. The lowest BCUT2D eigenvalue weighted by molar-refractivity contribution is -0.143. The van der Waals surface area contributed by atoms with E-state index in [4.69, 9.17) is 34.8 Å². The Morgan fingerprint density at radius 2 is 1.60 bits per heavy atom. The third-order valence-corrected chi connectivity index (χ3v) is 5.50. The van der Waals surface area contributed by atoms with E-state index in [9.17, 15) is 9.90 Å². The van der Waals surface area contributed by atoms with E-state index in [0.29, 0.717) is 41.0 Å². The molecule has 2 aromatic carbocycles. The standard InChI is InChI=1S/C19H18Cl3NO2/c20-14-3-1-12(2-4-14)18(16-6-5-15(21)11-17(16)22)23-9-7-13(8-10-23)19(24)25/h1-6,11,13,18H,7-10H2,(H,24,25). The highest BCUT2D eigenvalue weighted by Gasteiger charge is 2.31. The zero-order valence-corrected chi connectivity index (χ0v) is 15.7. The lowest BCUT2D eigenvalue weighted by Gasteiger charge is -2.37. The highest BCUT2D eigenvalue weighted by molar-refractivity contribution is 6.35. The monoisotopic (exact) mass is 397 g/mol. The Balaban J connectivity index is 1.95. The van der Waals surface area contributed by atoms with Crippen LogP contribution in [0.5, 0.6) is 0 Å². The molecule has 0 radical (unpaired) electrons. The molecule has 0 spiro atoms. The normalized spacial score (nSPS) is 17.4. The molecule has 132 valence electrons. The number of carboxylic acid groups (broad SMARTS) is 1. The van der Waals surface area contributed by atoms with Gasteiger partial charge in [0, 0.05) is 15.1 Å². The van der Waals surface area contributed by atoms with Gasteiger partial charge in [0.25, 0.3) is 0 Å². The molecule has 1 fully saturated rings. The lowest BCUT2D eigenvalue weighted by atomic mass is 9.91. The molecule has 1 atom stereocenters. The Morgan fingerprint density at radius 3 is 2.16 bits per heavy atom. The van der Waals surface area contributed by atoms with Crippen molar-refractivity contribution in [2.24, 2.45) is 5.92 Å². The Kier molecular flexibility index (Phi) is 5.90. The van der Waals surface area contributed by atoms with E-state index in [1.165, 1.54) is 0 Å². The average molecular weight is 399 g/mol. The maximum absolute atomic E-state index is 11.2. The fourth-order valence-corrected chi connectivity index (χ4v) is 4.00. The molecular weight excluding hydrogens is 381 g/mol. The van der Waals surface area contributed by atoms with Crippen LogP contribution in [0.2, 0.25) is 15.1 Å². The summed E-state index contributed by atoms with van der Waals surface area (Å²) in [6.07, 6.45) is 1.26. The van der Waals surface area contributed by atoms with Gasteiger partial charge in [-0.15, -0.1) is 0 Å². The van der Waals surface area contributed by atoms with E-state index in [2.05, 4.69) is 4.90 Å². The summed E-state index contributed by atoms with van der Waals surface area (Å²) in [5, 5.41) is 11.1. The van der Waals surface area contributed by atoms with Gasteiger partial charge in [-0.3, -0.25) is 9.69 Å².